The molecule has 1 aromatic heterocycles. The first kappa shape index (κ1) is 17.9. The predicted octanol–water partition coefficient (Wildman–Crippen LogP) is 4.05. The van der Waals surface area contributed by atoms with Crippen molar-refractivity contribution in [2.75, 3.05) is 0 Å². The van der Waals surface area contributed by atoms with E-state index in [1.165, 1.54) is 0 Å². The Labute approximate surface area is 136 Å². The van der Waals surface area contributed by atoms with Crippen LogP contribution in [-0.2, 0) is 17.5 Å². The first-order valence-electron chi connectivity index (χ1n) is 7.37. The van der Waals surface area contributed by atoms with E-state index in [9.17, 15) is 22.4 Å². The molecule has 0 aliphatic heterocycles. The third kappa shape index (κ3) is 4.31. The van der Waals surface area contributed by atoms with E-state index in [4.69, 9.17) is 0 Å². The van der Waals surface area contributed by atoms with Crippen molar-refractivity contribution in [3.63, 3.8) is 0 Å². The molecule has 1 N–H and O–H groups in total. The normalized spacial score (nSPS) is 12.7. The topological polar surface area (TPSA) is 42.0 Å². The highest BCUT2D eigenvalue weighted by atomic mass is 19.4. The van der Waals surface area contributed by atoms with Gasteiger partial charge in [0, 0.05) is 18.3 Å². The summed E-state index contributed by atoms with van der Waals surface area (Å²) in [6.07, 6.45) is -3.67. The summed E-state index contributed by atoms with van der Waals surface area (Å²) in [7, 11) is 0. The van der Waals surface area contributed by atoms with Crippen LogP contribution >= 0.6 is 0 Å². The Morgan fingerprint density at radius 1 is 1.25 bits per heavy atom. The van der Waals surface area contributed by atoms with Gasteiger partial charge in [0.2, 0.25) is 11.9 Å². The summed E-state index contributed by atoms with van der Waals surface area (Å²) in [5.41, 5.74) is -0.565. The molecule has 0 saturated carbocycles. The molecule has 1 amide bonds. The minimum absolute atomic E-state index is 0.305. The summed E-state index contributed by atoms with van der Waals surface area (Å²) in [6.45, 7) is 1.47. The van der Waals surface area contributed by atoms with Crippen LogP contribution in [0.2, 0.25) is 0 Å². The maximum Gasteiger partial charge on any atom is 0.417 e. The average molecular weight is 340 g/mol. The number of nitrogens with zero attached hydrogens (tertiary/aromatic N) is 1. The van der Waals surface area contributed by atoms with E-state index in [0.717, 1.165) is 5.56 Å². The summed E-state index contributed by atoms with van der Waals surface area (Å²) in [5.74, 6) is -1.86. The maximum absolute atomic E-state index is 13.6. The van der Waals surface area contributed by atoms with Gasteiger partial charge in [0.1, 0.15) is 0 Å². The van der Waals surface area contributed by atoms with Gasteiger partial charge in [-0.25, -0.2) is 4.98 Å². The van der Waals surface area contributed by atoms with Crippen molar-refractivity contribution in [1.82, 2.24) is 10.3 Å². The molecule has 0 spiro atoms. The molecule has 2 aromatic rings. The van der Waals surface area contributed by atoms with Crippen molar-refractivity contribution >= 4 is 5.91 Å². The molecule has 7 heteroatoms. The number of carbonyl (C=O) groups is 1. The Hall–Kier alpha value is -2.44. The van der Waals surface area contributed by atoms with Gasteiger partial charge in [-0.3, -0.25) is 4.79 Å². The second-order valence-electron chi connectivity index (χ2n) is 5.26. The van der Waals surface area contributed by atoms with Gasteiger partial charge in [0.25, 0.3) is 0 Å². The molecule has 0 unspecified atom stereocenters. The average Bonchev–Trinajstić information content (AvgIpc) is 2.54. The summed E-state index contributed by atoms with van der Waals surface area (Å²) in [4.78, 5) is 15.4. The summed E-state index contributed by atoms with van der Waals surface area (Å²) in [5, 5.41) is 2.48. The largest absolute Gasteiger partial charge is 0.417 e. The zero-order chi connectivity index (χ0) is 17.7. The number of carbonyl (C=O) groups excluding carboxylic acids is 1. The second-order valence-corrected chi connectivity index (χ2v) is 5.26. The Morgan fingerprint density at radius 3 is 2.50 bits per heavy atom. The predicted molar refractivity (Wildman–Crippen MR) is 80.5 cm³/mol. The van der Waals surface area contributed by atoms with Crippen LogP contribution in [0, 0.1) is 5.95 Å². The molecule has 0 radical (unpaired) electrons. The van der Waals surface area contributed by atoms with Crippen LogP contribution < -0.4 is 5.32 Å². The van der Waals surface area contributed by atoms with Crippen LogP contribution in [0.25, 0.3) is 0 Å². The summed E-state index contributed by atoms with van der Waals surface area (Å²) >= 11 is 0. The lowest BCUT2D eigenvalue weighted by atomic mass is 9.95. The fraction of sp³-hybridized carbons (Fsp3) is 0.294. The van der Waals surface area contributed by atoms with Crippen molar-refractivity contribution < 1.29 is 22.4 Å². The third-order valence-corrected chi connectivity index (χ3v) is 3.62. The number of halogens is 4. The molecule has 3 nitrogen and oxygen atoms in total. The second kappa shape index (κ2) is 7.42. The van der Waals surface area contributed by atoms with Crippen LogP contribution in [0.3, 0.4) is 0 Å². The van der Waals surface area contributed by atoms with Gasteiger partial charge in [0.05, 0.1) is 11.5 Å². The highest BCUT2D eigenvalue weighted by Gasteiger charge is 2.31. The number of hydrogen-bond acceptors (Lipinski definition) is 2. The first-order chi connectivity index (χ1) is 11.3. The minimum atomic E-state index is -4.62. The molecular weight excluding hydrogens is 324 g/mol. The van der Waals surface area contributed by atoms with Crippen LogP contribution in [0.5, 0.6) is 0 Å². The zero-order valence-electron chi connectivity index (χ0n) is 12.9. The SMILES string of the molecule is CC[C@H](C(=O)NCc1cc(C(F)(F)F)cnc1F)c1ccccc1. The van der Waals surface area contributed by atoms with E-state index in [1.807, 2.05) is 13.0 Å². The number of nitrogens with one attached hydrogen (secondary N) is 1. The van der Waals surface area contributed by atoms with Gasteiger partial charge in [-0.15, -0.1) is 0 Å². The molecule has 0 aliphatic rings. The van der Waals surface area contributed by atoms with Crippen molar-refractivity contribution in [3.05, 3.63) is 65.2 Å². The molecule has 1 aromatic carbocycles. The van der Waals surface area contributed by atoms with Crippen LogP contribution in [0.1, 0.15) is 36.0 Å². The van der Waals surface area contributed by atoms with Crippen LogP contribution in [0.4, 0.5) is 17.6 Å². The van der Waals surface area contributed by atoms with Gasteiger partial charge >= 0.3 is 6.18 Å². The number of alkyl halides is 3. The number of amides is 1. The number of rotatable bonds is 5. The van der Waals surface area contributed by atoms with E-state index in [-0.39, 0.29) is 18.0 Å². The number of hydrogen-bond donors (Lipinski definition) is 1. The van der Waals surface area contributed by atoms with Gasteiger partial charge in [-0.2, -0.15) is 17.6 Å². The highest BCUT2D eigenvalue weighted by molar-refractivity contribution is 5.83. The minimum Gasteiger partial charge on any atom is -0.351 e. The lowest BCUT2D eigenvalue weighted by Crippen LogP contribution is -2.29. The van der Waals surface area contributed by atoms with Crippen LogP contribution in [0.15, 0.2) is 42.6 Å². The molecule has 128 valence electrons. The van der Waals surface area contributed by atoms with Crippen molar-refractivity contribution in [2.24, 2.45) is 0 Å². The Morgan fingerprint density at radius 2 is 1.92 bits per heavy atom. The Bertz CT molecular complexity index is 701. The number of benzene rings is 1. The van der Waals surface area contributed by atoms with E-state index in [0.29, 0.717) is 18.7 Å². The maximum atomic E-state index is 13.6. The molecule has 0 bridgehead atoms. The van der Waals surface area contributed by atoms with Gasteiger partial charge < -0.3 is 5.32 Å². The highest BCUT2D eigenvalue weighted by Crippen LogP contribution is 2.29. The standard InChI is InChI=1S/C17H16F4N2O/c1-2-14(11-6-4-3-5-7-11)16(24)23-9-12-8-13(17(19,20)21)10-22-15(12)18/h3-8,10,14H,2,9H2,1H3,(H,23,24)/t14-/m0/s1. The van der Waals surface area contributed by atoms with E-state index in [1.54, 1.807) is 24.3 Å². The van der Waals surface area contributed by atoms with Gasteiger partial charge in [-0.1, -0.05) is 37.3 Å². The molecule has 0 saturated heterocycles. The van der Waals surface area contributed by atoms with Crippen LogP contribution in [-0.4, -0.2) is 10.9 Å². The smallest absolute Gasteiger partial charge is 0.351 e. The third-order valence-electron chi connectivity index (χ3n) is 3.62. The zero-order valence-corrected chi connectivity index (χ0v) is 12.9. The van der Waals surface area contributed by atoms with E-state index < -0.39 is 23.6 Å². The van der Waals surface area contributed by atoms with Gasteiger partial charge in [0.15, 0.2) is 0 Å². The lowest BCUT2D eigenvalue weighted by Gasteiger charge is -2.16. The van der Waals surface area contributed by atoms with Crippen molar-refractivity contribution in [2.45, 2.75) is 32.0 Å². The van der Waals surface area contributed by atoms with Crippen molar-refractivity contribution in [3.8, 4) is 0 Å². The quantitative estimate of drug-likeness (QED) is 0.659. The molecule has 2 rings (SSSR count). The monoisotopic (exact) mass is 340 g/mol. The summed E-state index contributed by atoms with van der Waals surface area (Å²) in [6, 6.07) is 9.65. The van der Waals surface area contributed by atoms with E-state index in [2.05, 4.69) is 10.3 Å². The van der Waals surface area contributed by atoms with Crippen molar-refractivity contribution in [1.29, 1.82) is 0 Å². The fourth-order valence-corrected chi connectivity index (χ4v) is 2.34. The molecule has 1 heterocycles. The van der Waals surface area contributed by atoms with Gasteiger partial charge in [-0.05, 0) is 18.1 Å². The molecule has 1 atom stereocenters. The Kier molecular flexibility index (Phi) is 5.54. The number of aromatic nitrogens is 1. The molecule has 0 fully saturated rings. The fourth-order valence-electron chi connectivity index (χ4n) is 2.34. The Balaban J connectivity index is 2.11. The molecule has 0 aliphatic carbocycles. The first-order valence-corrected chi connectivity index (χ1v) is 7.37. The molecular formula is C17H16F4N2O. The van der Waals surface area contributed by atoms with E-state index >= 15 is 0 Å². The molecule has 24 heavy (non-hydrogen) atoms. The number of pyridine rings is 1. The lowest BCUT2D eigenvalue weighted by molar-refractivity contribution is -0.137. The summed E-state index contributed by atoms with van der Waals surface area (Å²) < 4.78 is 51.5.